The average Bonchev–Trinajstić information content (AvgIpc) is 2.54. The lowest BCUT2D eigenvalue weighted by Gasteiger charge is -2.45. The van der Waals surface area contributed by atoms with Crippen LogP contribution in [0, 0.1) is 11.8 Å². The van der Waals surface area contributed by atoms with Crippen LogP contribution in [-0.2, 0) is 4.74 Å². The van der Waals surface area contributed by atoms with Crippen LogP contribution in [-0.4, -0.2) is 41.3 Å². The predicted octanol–water partition coefficient (Wildman–Crippen LogP) is 3.04. The zero-order valence-electron chi connectivity index (χ0n) is 13.0. The molecule has 3 aliphatic heterocycles. The van der Waals surface area contributed by atoms with Crippen molar-refractivity contribution < 1.29 is 4.74 Å². The third-order valence-electron chi connectivity index (χ3n) is 5.65. The molecule has 2 atom stereocenters. The van der Waals surface area contributed by atoms with Crippen LogP contribution in [0.5, 0.6) is 0 Å². The molecule has 3 N–H and O–H groups in total. The van der Waals surface area contributed by atoms with Crippen LogP contribution in [0.3, 0.4) is 0 Å². The molecule has 3 nitrogen and oxygen atoms in total. The van der Waals surface area contributed by atoms with Crippen LogP contribution in [0.25, 0.3) is 0 Å². The van der Waals surface area contributed by atoms with E-state index in [-0.39, 0.29) is 5.60 Å². The number of hydrazine groups is 1. The summed E-state index contributed by atoms with van der Waals surface area (Å²) in [5.41, 5.74) is 3.36. The van der Waals surface area contributed by atoms with Gasteiger partial charge in [0.05, 0.1) is 5.60 Å². The Morgan fingerprint density at radius 2 is 1.81 bits per heavy atom. The van der Waals surface area contributed by atoms with Crippen LogP contribution in [0.1, 0.15) is 44.9 Å². The van der Waals surface area contributed by atoms with Crippen molar-refractivity contribution in [2.24, 2.45) is 17.7 Å². The highest BCUT2D eigenvalue weighted by atomic mass is 32.2. The van der Waals surface area contributed by atoms with Gasteiger partial charge in [0, 0.05) is 12.6 Å². The molecule has 3 saturated heterocycles. The van der Waals surface area contributed by atoms with Gasteiger partial charge in [-0.3, -0.25) is 11.3 Å². The second-order valence-corrected chi connectivity index (χ2v) is 9.41. The molecule has 0 saturated carbocycles. The summed E-state index contributed by atoms with van der Waals surface area (Å²) >= 11 is 4.20. The lowest BCUT2D eigenvalue weighted by molar-refractivity contribution is -0.108. The lowest BCUT2D eigenvalue weighted by atomic mass is 9.76. The minimum Gasteiger partial charge on any atom is -0.375 e. The molecular weight excluding hydrogens is 300 g/mol. The summed E-state index contributed by atoms with van der Waals surface area (Å²) in [5.74, 6) is 12.8. The van der Waals surface area contributed by atoms with Gasteiger partial charge in [0.25, 0.3) is 0 Å². The Kier molecular flexibility index (Phi) is 6.19. The monoisotopic (exact) mass is 330 g/mol. The van der Waals surface area contributed by atoms with Gasteiger partial charge in [-0.15, -0.1) is 0 Å². The zero-order valence-corrected chi connectivity index (χ0v) is 14.7. The summed E-state index contributed by atoms with van der Waals surface area (Å²) in [6.45, 7) is 0.939. The maximum atomic E-state index is 6.24. The SMILES string of the molecule is NNC(CC1CCSCC1)C1CCOC2(CCSCC2)C1. The van der Waals surface area contributed by atoms with Gasteiger partial charge < -0.3 is 4.74 Å². The maximum absolute atomic E-state index is 6.24. The number of hydrogen-bond donors (Lipinski definition) is 2. The third-order valence-corrected chi connectivity index (χ3v) is 7.68. The van der Waals surface area contributed by atoms with Crippen molar-refractivity contribution in [2.75, 3.05) is 29.6 Å². The first-order valence-electron chi connectivity index (χ1n) is 8.57. The Balaban J connectivity index is 1.57. The number of hydrogen-bond acceptors (Lipinski definition) is 5. The first-order valence-corrected chi connectivity index (χ1v) is 10.9. The normalized spacial score (nSPS) is 32.1. The number of nitrogens with one attached hydrogen (secondary N) is 1. The van der Waals surface area contributed by atoms with Crippen molar-refractivity contribution in [3.63, 3.8) is 0 Å². The fraction of sp³-hybridized carbons (Fsp3) is 1.00. The van der Waals surface area contributed by atoms with E-state index in [1.54, 1.807) is 0 Å². The summed E-state index contributed by atoms with van der Waals surface area (Å²) in [6, 6.07) is 0.494. The Morgan fingerprint density at radius 1 is 1.10 bits per heavy atom. The molecule has 0 aromatic rings. The van der Waals surface area contributed by atoms with E-state index in [9.17, 15) is 0 Å². The standard InChI is InChI=1S/C16H30N2OS2/c17-18-15(11-13-2-7-20-8-3-13)14-1-6-19-16(12-14)4-9-21-10-5-16/h13-15,18H,1-12,17H2. The summed E-state index contributed by atoms with van der Waals surface area (Å²) in [7, 11) is 0. The van der Waals surface area contributed by atoms with Gasteiger partial charge in [-0.1, -0.05) is 0 Å². The average molecular weight is 331 g/mol. The number of ether oxygens (including phenoxy) is 1. The molecule has 3 aliphatic rings. The van der Waals surface area contributed by atoms with Gasteiger partial charge in [0.1, 0.15) is 0 Å². The van der Waals surface area contributed by atoms with Gasteiger partial charge in [-0.2, -0.15) is 23.5 Å². The molecule has 0 amide bonds. The van der Waals surface area contributed by atoms with Crippen LogP contribution < -0.4 is 11.3 Å². The van der Waals surface area contributed by atoms with Gasteiger partial charge in [0.15, 0.2) is 0 Å². The number of rotatable bonds is 4. The first-order chi connectivity index (χ1) is 10.3. The summed E-state index contributed by atoms with van der Waals surface area (Å²) < 4.78 is 6.24. The maximum Gasteiger partial charge on any atom is 0.0701 e. The van der Waals surface area contributed by atoms with E-state index in [0.717, 1.165) is 12.5 Å². The van der Waals surface area contributed by atoms with Crippen LogP contribution in [0.15, 0.2) is 0 Å². The number of nitrogens with two attached hydrogens (primary N) is 1. The highest BCUT2D eigenvalue weighted by molar-refractivity contribution is 7.99. The smallest absolute Gasteiger partial charge is 0.0701 e. The molecule has 0 bridgehead atoms. The van der Waals surface area contributed by atoms with E-state index >= 15 is 0 Å². The largest absolute Gasteiger partial charge is 0.375 e. The van der Waals surface area contributed by atoms with E-state index in [4.69, 9.17) is 10.6 Å². The van der Waals surface area contributed by atoms with E-state index in [1.165, 1.54) is 68.0 Å². The van der Waals surface area contributed by atoms with Crippen molar-refractivity contribution in [1.82, 2.24) is 5.43 Å². The molecular formula is C16H30N2OS2. The molecule has 2 unspecified atom stereocenters. The Bertz CT molecular complexity index is 312. The molecule has 0 radical (unpaired) electrons. The first kappa shape index (κ1) is 16.4. The molecule has 3 heterocycles. The quantitative estimate of drug-likeness (QED) is 0.613. The number of thioether (sulfide) groups is 2. The topological polar surface area (TPSA) is 47.3 Å². The van der Waals surface area contributed by atoms with Gasteiger partial charge in [-0.25, -0.2) is 0 Å². The van der Waals surface area contributed by atoms with Gasteiger partial charge in [0.2, 0.25) is 0 Å². The molecule has 122 valence electrons. The Morgan fingerprint density at radius 3 is 2.52 bits per heavy atom. The minimum atomic E-state index is 0.186. The van der Waals surface area contributed by atoms with Gasteiger partial charge >= 0.3 is 0 Å². The Hall–Kier alpha value is 0.580. The third kappa shape index (κ3) is 4.31. The van der Waals surface area contributed by atoms with Gasteiger partial charge in [-0.05, 0) is 79.8 Å². The minimum absolute atomic E-state index is 0.186. The van der Waals surface area contributed by atoms with E-state index < -0.39 is 0 Å². The second kappa shape index (κ2) is 7.91. The highest BCUT2D eigenvalue weighted by Crippen LogP contribution is 2.41. The highest BCUT2D eigenvalue weighted by Gasteiger charge is 2.41. The fourth-order valence-electron chi connectivity index (χ4n) is 4.24. The van der Waals surface area contributed by atoms with Crippen molar-refractivity contribution in [3.8, 4) is 0 Å². The van der Waals surface area contributed by atoms with Crippen molar-refractivity contribution in [1.29, 1.82) is 0 Å². The molecule has 3 fully saturated rings. The van der Waals surface area contributed by atoms with Crippen molar-refractivity contribution in [3.05, 3.63) is 0 Å². The second-order valence-electron chi connectivity index (χ2n) is 6.96. The summed E-state index contributed by atoms with van der Waals surface area (Å²) in [6.07, 6.45) is 8.93. The van der Waals surface area contributed by atoms with E-state index in [1.807, 2.05) is 0 Å². The molecule has 0 aromatic heterocycles. The van der Waals surface area contributed by atoms with Crippen molar-refractivity contribution >= 4 is 23.5 Å². The van der Waals surface area contributed by atoms with Crippen LogP contribution in [0.2, 0.25) is 0 Å². The van der Waals surface area contributed by atoms with Crippen LogP contribution in [0.4, 0.5) is 0 Å². The molecule has 21 heavy (non-hydrogen) atoms. The molecule has 5 heteroatoms. The lowest BCUT2D eigenvalue weighted by Crippen LogP contribution is -2.50. The van der Waals surface area contributed by atoms with Crippen molar-refractivity contribution in [2.45, 2.75) is 56.6 Å². The Labute approximate surface area is 137 Å². The molecule has 0 aromatic carbocycles. The summed E-state index contributed by atoms with van der Waals surface area (Å²) in [4.78, 5) is 0. The molecule has 0 aliphatic carbocycles. The fourth-order valence-corrected chi connectivity index (χ4v) is 6.68. The van der Waals surface area contributed by atoms with Crippen LogP contribution >= 0.6 is 23.5 Å². The molecule has 3 rings (SSSR count). The molecule has 1 spiro atoms. The zero-order chi connectivity index (χ0) is 14.5. The summed E-state index contributed by atoms with van der Waals surface area (Å²) in [5, 5.41) is 0. The predicted molar refractivity (Wildman–Crippen MR) is 93.7 cm³/mol. The van der Waals surface area contributed by atoms with E-state index in [0.29, 0.717) is 12.0 Å². The van der Waals surface area contributed by atoms with E-state index in [2.05, 4.69) is 28.9 Å².